The second-order valence-electron chi connectivity index (χ2n) is 4.93. The van der Waals surface area contributed by atoms with Crippen LogP contribution in [-0.2, 0) is 6.61 Å². The Morgan fingerprint density at radius 1 is 1.20 bits per heavy atom. The molecule has 2 N–H and O–H groups in total. The summed E-state index contributed by atoms with van der Waals surface area (Å²) in [7, 11) is 0. The maximum atomic E-state index is 8.77. The molecule has 2 aromatic carbocycles. The van der Waals surface area contributed by atoms with Gasteiger partial charge in [-0.25, -0.2) is 0 Å². The van der Waals surface area contributed by atoms with E-state index in [0.29, 0.717) is 12.2 Å². The Morgan fingerprint density at radius 3 is 2.50 bits per heavy atom. The molecule has 0 bridgehead atoms. The predicted octanol–water partition coefficient (Wildman–Crippen LogP) is 3.47. The van der Waals surface area contributed by atoms with Crippen molar-refractivity contribution in [1.29, 1.82) is 5.26 Å². The fourth-order valence-corrected chi connectivity index (χ4v) is 1.98. The first-order chi connectivity index (χ1) is 9.60. The largest absolute Gasteiger partial charge is 0.489 e. The van der Waals surface area contributed by atoms with Gasteiger partial charge in [-0.1, -0.05) is 24.3 Å². The summed E-state index contributed by atoms with van der Waals surface area (Å²) in [6, 6.07) is 15.5. The summed E-state index contributed by atoms with van der Waals surface area (Å²) in [5.74, 6) is 0.823. The Kier molecular flexibility index (Phi) is 4.39. The summed E-state index contributed by atoms with van der Waals surface area (Å²) in [6.45, 7) is 4.44. The third-order valence-electron chi connectivity index (χ3n) is 3.14. The van der Waals surface area contributed by atoms with Gasteiger partial charge >= 0.3 is 0 Å². The Hall–Kier alpha value is -2.31. The third-order valence-corrected chi connectivity index (χ3v) is 3.14. The molecule has 2 aromatic rings. The number of aryl methyl sites for hydroxylation is 1. The van der Waals surface area contributed by atoms with Gasteiger partial charge in [0.2, 0.25) is 0 Å². The summed E-state index contributed by atoms with van der Waals surface area (Å²) < 4.78 is 5.88. The molecule has 20 heavy (non-hydrogen) atoms. The second kappa shape index (κ2) is 6.23. The van der Waals surface area contributed by atoms with Crippen LogP contribution in [0.4, 0.5) is 0 Å². The summed E-state index contributed by atoms with van der Waals surface area (Å²) in [5, 5.41) is 8.77. The molecule has 0 aromatic heterocycles. The van der Waals surface area contributed by atoms with Gasteiger partial charge in [-0.05, 0) is 43.2 Å². The summed E-state index contributed by atoms with van der Waals surface area (Å²) in [4.78, 5) is 0. The quantitative estimate of drug-likeness (QED) is 0.921. The van der Waals surface area contributed by atoms with E-state index in [9.17, 15) is 0 Å². The Labute approximate surface area is 119 Å². The first-order valence-corrected chi connectivity index (χ1v) is 6.58. The summed E-state index contributed by atoms with van der Waals surface area (Å²) in [5.41, 5.74) is 9.78. The number of ether oxygens (including phenoxy) is 1. The zero-order valence-electron chi connectivity index (χ0n) is 11.8. The highest BCUT2D eigenvalue weighted by Crippen LogP contribution is 2.26. The van der Waals surface area contributed by atoms with Crippen molar-refractivity contribution in [2.24, 2.45) is 5.73 Å². The lowest BCUT2D eigenvalue weighted by molar-refractivity contribution is 0.301. The van der Waals surface area contributed by atoms with Crippen molar-refractivity contribution in [3.8, 4) is 11.8 Å². The van der Waals surface area contributed by atoms with E-state index in [1.54, 1.807) is 12.1 Å². The standard InChI is InChI=1S/C17H18N2O/c1-12-3-8-16(13(2)19)17(9-12)20-11-15-6-4-14(10-18)5-7-15/h3-9,13H,11,19H2,1-2H3/t13-/m1/s1. The Morgan fingerprint density at radius 2 is 1.90 bits per heavy atom. The molecule has 0 heterocycles. The molecular weight excluding hydrogens is 248 g/mol. The van der Waals surface area contributed by atoms with Crippen LogP contribution in [0.2, 0.25) is 0 Å². The molecule has 3 nitrogen and oxygen atoms in total. The molecule has 1 atom stereocenters. The van der Waals surface area contributed by atoms with E-state index >= 15 is 0 Å². The smallest absolute Gasteiger partial charge is 0.124 e. The molecule has 0 amide bonds. The van der Waals surface area contributed by atoms with Crippen LogP contribution >= 0.6 is 0 Å². The van der Waals surface area contributed by atoms with Crippen LogP contribution in [0.1, 0.15) is 35.2 Å². The zero-order valence-corrected chi connectivity index (χ0v) is 11.8. The lowest BCUT2D eigenvalue weighted by Crippen LogP contribution is -2.08. The van der Waals surface area contributed by atoms with Gasteiger partial charge < -0.3 is 10.5 Å². The minimum Gasteiger partial charge on any atom is -0.489 e. The molecule has 0 aliphatic carbocycles. The van der Waals surface area contributed by atoms with Crippen molar-refractivity contribution in [3.05, 3.63) is 64.7 Å². The minimum absolute atomic E-state index is 0.0634. The van der Waals surface area contributed by atoms with Crippen LogP contribution in [0.3, 0.4) is 0 Å². The normalized spacial score (nSPS) is 11.7. The van der Waals surface area contributed by atoms with Gasteiger partial charge in [0, 0.05) is 11.6 Å². The molecule has 0 radical (unpaired) electrons. The monoisotopic (exact) mass is 266 g/mol. The fourth-order valence-electron chi connectivity index (χ4n) is 1.98. The molecule has 0 unspecified atom stereocenters. The van der Waals surface area contributed by atoms with Crippen molar-refractivity contribution in [1.82, 2.24) is 0 Å². The molecule has 0 aliphatic heterocycles. The molecule has 102 valence electrons. The fraction of sp³-hybridized carbons (Fsp3) is 0.235. The number of hydrogen-bond donors (Lipinski definition) is 1. The lowest BCUT2D eigenvalue weighted by atomic mass is 10.1. The van der Waals surface area contributed by atoms with E-state index in [2.05, 4.69) is 6.07 Å². The maximum absolute atomic E-state index is 8.77. The number of benzene rings is 2. The van der Waals surface area contributed by atoms with Crippen molar-refractivity contribution in [3.63, 3.8) is 0 Å². The van der Waals surface area contributed by atoms with Crippen LogP contribution in [0.15, 0.2) is 42.5 Å². The van der Waals surface area contributed by atoms with Crippen molar-refractivity contribution >= 4 is 0 Å². The van der Waals surface area contributed by atoms with E-state index in [-0.39, 0.29) is 6.04 Å². The first kappa shape index (κ1) is 14.1. The van der Waals surface area contributed by atoms with Crippen LogP contribution in [0.5, 0.6) is 5.75 Å². The van der Waals surface area contributed by atoms with Crippen molar-refractivity contribution in [2.75, 3.05) is 0 Å². The number of rotatable bonds is 4. The molecule has 3 heteroatoms. The summed E-state index contributed by atoms with van der Waals surface area (Å²) >= 11 is 0. The van der Waals surface area contributed by atoms with Gasteiger partial charge in [-0.3, -0.25) is 0 Å². The van der Waals surface area contributed by atoms with Crippen LogP contribution < -0.4 is 10.5 Å². The number of nitrogens with zero attached hydrogens (tertiary/aromatic N) is 1. The van der Waals surface area contributed by atoms with Crippen LogP contribution in [0.25, 0.3) is 0 Å². The average Bonchev–Trinajstić information content (AvgIpc) is 2.45. The Bertz CT molecular complexity index is 624. The minimum atomic E-state index is -0.0634. The predicted molar refractivity (Wildman–Crippen MR) is 79.3 cm³/mol. The van der Waals surface area contributed by atoms with Gasteiger partial charge in [0.15, 0.2) is 0 Å². The molecule has 0 spiro atoms. The average molecular weight is 266 g/mol. The highest BCUT2D eigenvalue weighted by Gasteiger charge is 2.08. The lowest BCUT2D eigenvalue weighted by Gasteiger charge is -2.15. The van der Waals surface area contributed by atoms with Gasteiger partial charge in [0.1, 0.15) is 12.4 Å². The molecule has 0 aliphatic rings. The Balaban J connectivity index is 2.13. The van der Waals surface area contributed by atoms with Gasteiger partial charge in [-0.2, -0.15) is 5.26 Å². The van der Waals surface area contributed by atoms with E-state index in [0.717, 1.165) is 22.4 Å². The molecular formula is C17H18N2O. The topological polar surface area (TPSA) is 59.0 Å². The van der Waals surface area contributed by atoms with Gasteiger partial charge in [0.25, 0.3) is 0 Å². The SMILES string of the molecule is Cc1ccc([C@@H](C)N)c(OCc2ccc(C#N)cc2)c1. The summed E-state index contributed by atoms with van der Waals surface area (Å²) in [6.07, 6.45) is 0. The molecule has 0 saturated heterocycles. The van der Waals surface area contributed by atoms with Crippen LogP contribution in [0, 0.1) is 18.3 Å². The van der Waals surface area contributed by atoms with Crippen molar-refractivity contribution < 1.29 is 4.74 Å². The van der Waals surface area contributed by atoms with E-state index < -0.39 is 0 Å². The van der Waals surface area contributed by atoms with Crippen molar-refractivity contribution in [2.45, 2.75) is 26.5 Å². The van der Waals surface area contributed by atoms with Gasteiger partial charge in [-0.15, -0.1) is 0 Å². The van der Waals surface area contributed by atoms with E-state index in [4.69, 9.17) is 15.7 Å². The number of nitrogens with two attached hydrogens (primary N) is 1. The van der Waals surface area contributed by atoms with Gasteiger partial charge in [0.05, 0.1) is 11.6 Å². The highest BCUT2D eigenvalue weighted by atomic mass is 16.5. The molecule has 0 fully saturated rings. The number of nitriles is 1. The molecule has 0 saturated carbocycles. The molecule has 2 rings (SSSR count). The second-order valence-corrected chi connectivity index (χ2v) is 4.93. The van der Waals surface area contributed by atoms with E-state index in [1.807, 2.05) is 44.2 Å². The van der Waals surface area contributed by atoms with Crippen LogP contribution in [-0.4, -0.2) is 0 Å². The van der Waals surface area contributed by atoms with E-state index in [1.165, 1.54) is 0 Å². The third kappa shape index (κ3) is 3.37. The highest BCUT2D eigenvalue weighted by molar-refractivity contribution is 5.39. The maximum Gasteiger partial charge on any atom is 0.124 e. The zero-order chi connectivity index (χ0) is 14.5. The first-order valence-electron chi connectivity index (χ1n) is 6.58. The number of hydrogen-bond acceptors (Lipinski definition) is 3.